The van der Waals surface area contributed by atoms with Gasteiger partial charge in [0, 0.05) is 0 Å². The molecule has 0 saturated carbocycles. The summed E-state index contributed by atoms with van der Waals surface area (Å²) in [6, 6.07) is 4.08. The number of benzene rings is 1. The first-order valence-electron chi connectivity index (χ1n) is 3.47. The van der Waals surface area contributed by atoms with E-state index in [2.05, 4.69) is 0 Å². The maximum atomic E-state index is 12.5. The Hall–Kier alpha value is -0.00662. The zero-order valence-electron chi connectivity index (χ0n) is 6.49. The van der Waals surface area contributed by atoms with Gasteiger partial charge in [0.25, 0.3) is 0 Å². The molecule has 4 heteroatoms. The van der Waals surface area contributed by atoms with Crippen molar-refractivity contribution in [3.63, 3.8) is 0 Å². The maximum absolute atomic E-state index is 12.5. The molecule has 12 heavy (non-hydrogen) atoms. The van der Waals surface area contributed by atoms with Gasteiger partial charge in [0.15, 0.2) is 0 Å². The second-order valence-electron chi connectivity index (χ2n) is 2.35. The molecule has 0 atom stereocenters. The van der Waals surface area contributed by atoms with Crippen LogP contribution >= 0.6 is 0 Å². The molecule has 0 aliphatic rings. The van der Waals surface area contributed by atoms with Gasteiger partial charge in [-0.2, -0.15) is 0 Å². The Kier molecular flexibility index (Phi) is 5.60. The van der Waals surface area contributed by atoms with E-state index in [1.807, 2.05) is 0 Å². The minimum atomic E-state index is -0.763. The normalized spacial score (nSPS) is 9.33. The minimum Gasteiger partial charge on any atom is -1.00 e. The monoisotopic (exact) mass is 240 g/mol. The molecule has 1 aromatic carbocycles. The summed E-state index contributed by atoms with van der Waals surface area (Å²) in [5, 5.41) is 1.07. The molecule has 0 heterocycles. The number of rotatable bonds is 2. The van der Waals surface area contributed by atoms with Gasteiger partial charge in [0.2, 0.25) is 0 Å². The Morgan fingerprint density at radius 1 is 1.17 bits per heavy atom. The fourth-order valence-electron chi connectivity index (χ4n) is 0.899. The summed E-state index contributed by atoms with van der Waals surface area (Å²) in [4.78, 5) is 0. The quantitative estimate of drug-likeness (QED) is 0.612. The van der Waals surface area contributed by atoms with Crippen molar-refractivity contribution in [3.05, 3.63) is 35.4 Å². The van der Waals surface area contributed by atoms with E-state index in [1.165, 1.54) is 30.4 Å². The van der Waals surface area contributed by atoms with Crippen LogP contribution in [0.15, 0.2) is 18.2 Å². The van der Waals surface area contributed by atoms with Crippen molar-refractivity contribution >= 4 is 0 Å². The van der Waals surface area contributed by atoms with Crippen LogP contribution in [-0.4, -0.2) is 0 Å². The van der Waals surface area contributed by atoms with Gasteiger partial charge in [0.05, 0.1) is 0 Å². The van der Waals surface area contributed by atoms with Gasteiger partial charge in [-0.05, 0) is 0 Å². The molecule has 0 bridgehead atoms. The molecule has 0 nitrogen and oxygen atoms in total. The fourth-order valence-corrected chi connectivity index (χ4v) is 1.76. The van der Waals surface area contributed by atoms with Crippen LogP contribution in [0.4, 0.5) is 8.78 Å². The van der Waals surface area contributed by atoms with Crippen LogP contribution in [0.5, 0.6) is 0 Å². The molecule has 62 valence electrons. The summed E-state index contributed by atoms with van der Waals surface area (Å²) in [5.74, 6) is -1.50. The average molecular weight is 242 g/mol. The van der Waals surface area contributed by atoms with E-state index in [4.69, 9.17) is 0 Å². The zero-order chi connectivity index (χ0) is 8.27. The molecule has 0 radical (unpaired) electrons. The molecule has 0 fully saturated rings. The average Bonchev–Trinajstić information content (AvgIpc) is 1.98. The summed E-state index contributed by atoms with van der Waals surface area (Å²) in [7, 11) is 0. The molecule has 0 aliphatic carbocycles. The molecule has 0 amide bonds. The van der Waals surface area contributed by atoms with Crippen molar-refractivity contribution in [1.82, 2.24) is 0 Å². The summed E-state index contributed by atoms with van der Waals surface area (Å²) in [6.45, 7) is 0. The van der Waals surface area contributed by atoms with E-state index in [1.54, 1.807) is 6.07 Å². The Labute approximate surface area is 86.4 Å². The van der Waals surface area contributed by atoms with Crippen molar-refractivity contribution < 1.29 is 39.5 Å². The molecule has 0 aromatic heterocycles. The Balaban J connectivity index is 0.00000121. The largest absolute Gasteiger partial charge is 1.00 e. The smallest absolute Gasteiger partial charge is 1.00 e. The molecule has 1 aromatic rings. The van der Waals surface area contributed by atoms with Gasteiger partial charge in [0.1, 0.15) is 0 Å². The number of aryl methyl sites for hydroxylation is 1. The predicted molar refractivity (Wildman–Crippen MR) is 34.9 cm³/mol. The van der Waals surface area contributed by atoms with E-state index in [0.717, 1.165) is 17.0 Å². The van der Waals surface area contributed by atoms with Gasteiger partial charge in [-0.25, -0.2) is 0 Å². The third kappa shape index (κ3) is 3.16. The van der Waals surface area contributed by atoms with Gasteiger partial charge < -0.3 is 12.4 Å². The van der Waals surface area contributed by atoms with Crippen molar-refractivity contribution in [2.24, 2.45) is 0 Å². The molecular weight excluding hydrogens is 235 g/mol. The Bertz CT molecular complexity index is 253. The van der Waals surface area contributed by atoms with Crippen molar-refractivity contribution in [3.8, 4) is 0 Å². The number of halogens is 3. The molecular formula is C8H7ClF2Zn. The van der Waals surface area contributed by atoms with E-state index < -0.39 is 11.6 Å². The summed E-state index contributed by atoms with van der Waals surface area (Å²) in [5.41, 5.74) is 0.884. The van der Waals surface area contributed by atoms with Crippen LogP contribution in [0.1, 0.15) is 5.56 Å². The number of hydrogen-bond acceptors (Lipinski definition) is 0. The van der Waals surface area contributed by atoms with Crippen LogP contribution in [0, 0.1) is 11.6 Å². The minimum absolute atomic E-state index is 0. The van der Waals surface area contributed by atoms with E-state index in [9.17, 15) is 8.78 Å². The van der Waals surface area contributed by atoms with Crippen LogP contribution in [0.2, 0.25) is 5.02 Å². The second kappa shape index (κ2) is 5.61. The Morgan fingerprint density at radius 2 is 1.83 bits per heavy atom. The second-order valence-corrected chi connectivity index (χ2v) is 3.84. The first kappa shape index (κ1) is 12.0. The third-order valence-corrected chi connectivity index (χ3v) is 2.19. The summed E-state index contributed by atoms with van der Waals surface area (Å²) >= 11 is 1.19. The van der Waals surface area contributed by atoms with Crippen molar-refractivity contribution in [1.29, 1.82) is 0 Å². The van der Waals surface area contributed by atoms with Gasteiger partial charge in [-0.3, -0.25) is 0 Å². The molecule has 0 unspecified atom stereocenters. The molecule has 0 saturated heterocycles. The first-order chi connectivity index (χ1) is 5.24. The summed E-state index contributed by atoms with van der Waals surface area (Å²) < 4.78 is 24.9. The fraction of sp³-hybridized carbons (Fsp3) is 0.250. The van der Waals surface area contributed by atoms with Crippen LogP contribution in [0.25, 0.3) is 0 Å². The topological polar surface area (TPSA) is 0 Å². The summed E-state index contributed by atoms with van der Waals surface area (Å²) in [6.07, 6.45) is 0.858. The predicted octanol–water partition coefficient (Wildman–Crippen LogP) is -0.524. The van der Waals surface area contributed by atoms with E-state index in [-0.39, 0.29) is 12.4 Å². The Morgan fingerprint density at radius 3 is 2.33 bits per heavy atom. The van der Waals surface area contributed by atoms with Crippen LogP contribution < -0.4 is 12.4 Å². The SMILES string of the molecule is Fc1ccc(C[CH2][Zn+])cc1F.[Cl-]. The van der Waals surface area contributed by atoms with E-state index >= 15 is 0 Å². The molecule has 0 spiro atoms. The van der Waals surface area contributed by atoms with Gasteiger partial charge in [-0.1, -0.05) is 0 Å². The van der Waals surface area contributed by atoms with Gasteiger partial charge >= 0.3 is 73.9 Å². The maximum Gasteiger partial charge on any atom is -1.00 e. The van der Waals surface area contributed by atoms with Gasteiger partial charge in [-0.15, -0.1) is 0 Å². The van der Waals surface area contributed by atoms with Crippen molar-refractivity contribution in [2.45, 2.75) is 11.4 Å². The molecule has 1 rings (SSSR count). The zero-order valence-corrected chi connectivity index (χ0v) is 10.2. The standard InChI is InChI=1S/C8H7F2.ClH.Zn/c1-2-6-3-4-7(9)8(10)5-6;;/h3-5H,1-2H2;1H;/q;;+1/p-1. The van der Waals surface area contributed by atoms with Crippen LogP contribution in [0.3, 0.4) is 0 Å². The molecule has 0 aliphatic heterocycles. The number of hydrogen-bond donors (Lipinski definition) is 0. The van der Waals surface area contributed by atoms with Crippen LogP contribution in [-0.2, 0) is 24.7 Å². The first-order valence-corrected chi connectivity index (χ1v) is 5.57. The van der Waals surface area contributed by atoms with Crippen molar-refractivity contribution in [2.75, 3.05) is 0 Å². The van der Waals surface area contributed by atoms with E-state index in [0.29, 0.717) is 0 Å². The third-order valence-electron chi connectivity index (χ3n) is 1.45. The molecule has 0 N–H and O–H groups in total.